The number of nitrogens with zero attached hydrogens (tertiary/aromatic N) is 4. The quantitative estimate of drug-likeness (QED) is 0.720. The average molecular weight is 399 g/mol. The van der Waals surface area contributed by atoms with Gasteiger partial charge in [0, 0.05) is 13.1 Å². The molecule has 3 aliphatic rings. The van der Waals surface area contributed by atoms with E-state index in [-0.39, 0.29) is 17.5 Å². The van der Waals surface area contributed by atoms with Gasteiger partial charge in [-0.15, -0.1) is 0 Å². The molecule has 8 heteroatoms. The van der Waals surface area contributed by atoms with Gasteiger partial charge in [-0.3, -0.25) is 4.90 Å². The van der Waals surface area contributed by atoms with E-state index in [0.717, 1.165) is 69.4 Å². The fourth-order valence-electron chi connectivity index (χ4n) is 4.88. The van der Waals surface area contributed by atoms with E-state index in [2.05, 4.69) is 9.89 Å². The smallest absolute Gasteiger partial charge is 0.335 e. The SMILES string of the molecule is NC1=NC2(CCCCC2)N(c2cc(C(=O)O)ccc2N2CCCCCC2)C(N)=N1. The van der Waals surface area contributed by atoms with Gasteiger partial charge in [0.1, 0.15) is 5.66 Å². The molecule has 4 rings (SSSR count). The number of guanidine groups is 2. The van der Waals surface area contributed by atoms with E-state index in [1.165, 1.54) is 12.8 Å². The molecule has 0 atom stereocenters. The molecule has 0 unspecified atom stereocenters. The van der Waals surface area contributed by atoms with Crippen molar-refractivity contribution in [2.45, 2.75) is 63.5 Å². The molecule has 1 saturated heterocycles. The summed E-state index contributed by atoms with van der Waals surface area (Å²) >= 11 is 0. The minimum absolute atomic E-state index is 0.200. The molecule has 2 fully saturated rings. The Morgan fingerprint density at radius 1 is 0.966 bits per heavy atom. The highest BCUT2D eigenvalue weighted by Crippen LogP contribution is 2.43. The summed E-state index contributed by atoms with van der Waals surface area (Å²) in [5, 5.41) is 9.62. The zero-order valence-corrected chi connectivity index (χ0v) is 16.8. The van der Waals surface area contributed by atoms with Gasteiger partial charge in [0.25, 0.3) is 0 Å². The molecule has 8 nitrogen and oxygen atoms in total. The van der Waals surface area contributed by atoms with Crippen LogP contribution in [0.1, 0.15) is 68.1 Å². The van der Waals surface area contributed by atoms with Gasteiger partial charge < -0.3 is 21.5 Å². The number of carbonyl (C=O) groups is 1. The highest BCUT2D eigenvalue weighted by molar-refractivity contribution is 6.08. The number of benzene rings is 1. The average Bonchev–Trinajstić information content (AvgIpc) is 2.97. The normalized spacial score (nSPS) is 22.1. The highest BCUT2D eigenvalue weighted by atomic mass is 16.4. The van der Waals surface area contributed by atoms with E-state index < -0.39 is 11.6 Å². The summed E-state index contributed by atoms with van der Waals surface area (Å²) in [6.07, 6.45) is 9.53. The molecule has 0 aromatic heterocycles. The fourth-order valence-corrected chi connectivity index (χ4v) is 4.88. The maximum Gasteiger partial charge on any atom is 0.335 e. The van der Waals surface area contributed by atoms with Gasteiger partial charge in [-0.1, -0.05) is 19.3 Å². The summed E-state index contributed by atoms with van der Waals surface area (Å²) in [4.78, 5) is 25.0. The topological polar surface area (TPSA) is 121 Å². The first-order valence-electron chi connectivity index (χ1n) is 10.6. The third-order valence-corrected chi connectivity index (χ3v) is 6.26. The van der Waals surface area contributed by atoms with Crippen molar-refractivity contribution in [2.75, 3.05) is 22.9 Å². The lowest BCUT2D eigenvalue weighted by atomic mass is 9.87. The molecule has 1 aromatic carbocycles. The van der Waals surface area contributed by atoms with Crippen molar-refractivity contribution < 1.29 is 9.90 Å². The monoisotopic (exact) mass is 398 g/mol. The van der Waals surface area contributed by atoms with Crippen molar-refractivity contribution in [3.05, 3.63) is 23.8 Å². The van der Waals surface area contributed by atoms with Gasteiger partial charge >= 0.3 is 5.97 Å². The van der Waals surface area contributed by atoms with Gasteiger partial charge in [-0.25, -0.2) is 9.79 Å². The van der Waals surface area contributed by atoms with Crippen molar-refractivity contribution in [3.63, 3.8) is 0 Å². The van der Waals surface area contributed by atoms with Crippen molar-refractivity contribution in [3.8, 4) is 0 Å². The Kier molecular flexibility index (Phi) is 5.34. The van der Waals surface area contributed by atoms with E-state index in [0.29, 0.717) is 0 Å². The molecular formula is C21H30N6O2. The number of nitrogens with two attached hydrogens (primary N) is 2. The Labute approximate surface area is 171 Å². The van der Waals surface area contributed by atoms with Crippen molar-refractivity contribution in [1.82, 2.24) is 0 Å². The maximum absolute atomic E-state index is 11.7. The molecule has 0 amide bonds. The summed E-state index contributed by atoms with van der Waals surface area (Å²) in [6.45, 7) is 1.89. The first kappa shape index (κ1) is 19.5. The predicted molar refractivity (Wildman–Crippen MR) is 116 cm³/mol. The first-order chi connectivity index (χ1) is 14.0. The van der Waals surface area contributed by atoms with Crippen LogP contribution in [0.4, 0.5) is 11.4 Å². The van der Waals surface area contributed by atoms with E-state index in [4.69, 9.17) is 16.5 Å². The molecule has 0 radical (unpaired) electrons. The summed E-state index contributed by atoms with van der Waals surface area (Å²) in [7, 11) is 0. The Morgan fingerprint density at radius 2 is 1.62 bits per heavy atom. The number of hydrogen-bond donors (Lipinski definition) is 3. The van der Waals surface area contributed by atoms with Gasteiger partial charge in [-0.2, -0.15) is 4.99 Å². The molecule has 1 saturated carbocycles. The molecule has 2 heterocycles. The standard InChI is InChI=1S/C21H30N6O2/c22-19-24-20(23)27(21(25-19)10-4-3-5-11-21)17-14-15(18(28)29)8-9-16(17)26-12-6-1-2-7-13-26/h8-9,14H,1-7,10-13H2,(H,28,29)(H4,22,23,24,25). The molecular weight excluding hydrogens is 368 g/mol. The van der Waals surface area contributed by atoms with E-state index in [1.54, 1.807) is 12.1 Å². The number of rotatable bonds is 3. The Balaban J connectivity index is 1.85. The van der Waals surface area contributed by atoms with Crippen molar-refractivity contribution in [2.24, 2.45) is 21.5 Å². The zero-order valence-electron chi connectivity index (χ0n) is 16.8. The molecule has 5 N–H and O–H groups in total. The number of aromatic carboxylic acids is 1. The second-order valence-electron chi connectivity index (χ2n) is 8.23. The number of hydrogen-bond acceptors (Lipinski definition) is 7. The molecule has 2 aliphatic heterocycles. The molecule has 1 spiro atoms. The zero-order chi connectivity index (χ0) is 20.4. The number of carboxylic acid groups (broad SMARTS) is 1. The van der Waals surface area contributed by atoms with Crippen LogP contribution in [0.25, 0.3) is 0 Å². The van der Waals surface area contributed by atoms with Crippen LogP contribution < -0.4 is 21.3 Å². The Hall–Kier alpha value is -2.77. The number of aliphatic imine (C=N–C) groups is 2. The van der Waals surface area contributed by atoms with Crippen LogP contribution in [-0.4, -0.2) is 41.7 Å². The second-order valence-corrected chi connectivity index (χ2v) is 8.23. The second kappa shape index (κ2) is 7.93. The lowest BCUT2D eigenvalue weighted by Gasteiger charge is -2.46. The van der Waals surface area contributed by atoms with E-state index >= 15 is 0 Å². The Bertz CT molecular complexity index is 836. The van der Waals surface area contributed by atoms with E-state index in [1.807, 2.05) is 11.0 Å². The van der Waals surface area contributed by atoms with Crippen molar-refractivity contribution in [1.29, 1.82) is 0 Å². The van der Waals surface area contributed by atoms with Crippen LogP contribution >= 0.6 is 0 Å². The molecule has 29 heavy (non-hydrogen) atoms. The molecule has 1 aromatic rings. The predicted octanol–water partition coefficient (Wildman–Crippen LogP) is 2.88. The molecule has 0 bridgehead atoms. The van der Waals surface area contributed by atoms with Crippen LogP contribution in [0.3, 0.4) is 0 Å². The molecule has 156 valence electrons. The van der Waals surface area contributed by atoms with Gasteiger partial charge in [0.2, 0.25) is 11.9 Å². The summed E-state index contributed by atoms with van der Waals surface area (Å²) < 4.78 is 0. The molecule has 1 aliphatic carbocycles. The summed E-state index contributed by atoms with van der Waals surface area (Å²) in [5.74, 6) is -0.466. The third-order valence-electron chi connectivity index (χ3n) is 6.26. The van der Waals surface area contributed by atoms with Crippen molar-refractivity contribution >= 4 is 29.3 Å². The lowest BCUT2D eigenvalue weighted by molar-refractivity contribution is 0.0697. The van der Waals surface area contributed by atoms with Crippen LogP contribution in [0.5, 0.6) is 0 Å². The maximum atomic E-state index is 11.7. The summed E-state index contributed by atoms with van der Waals surface area (Å²) in [6, 6.07) is 5.31. The largest absolute Gasteiger partial charge is 0.478 e. The van der Waals surface area contributed by atoms with Gasteiger partial charge in [-0.05, 0) is 56.7 Å². The van der Waals surface area contributed by atoms with Gasteiger partial charge in [0.05, 0.1) is 16.9 Å². The van der Waals surface area contributed by atoms with Crippen LogP contribution in [0.15, 0.2) is 28.2 Å². The summed E-state index contributed by atoms with van der Waals surface area (Å²) in [5.41, 5.74) is 13.8. The van der Waals surface area contributed by atoms with Gasteiger partial charge in [0.15, 0.2) is 0 Å². The first-order valence-corrected chi connectivity index (χ1v) is 10.6. The highest BCUT2D eigenvalue weighted by Gasteiger charge is 2.43. The van der Waals surface area contributed by atoms with E-state index in [9.17, 15) is 9.90 Å². The fraction of sp³-hybridized carbons (Fsp3) is 0.571. The third kappa shape index (κ3) is 3.75. The lowest BCUT2D eigenvalue weighted by Crippen LogP contribution is -2.58. The Morgan fingerprint density at radius 3 is 2.28 bits per heavy atom. The van der Waals surface area contributed by atoms with Crippen LogP contribution in [0, 0.1) is 0 Å². The number of carboxylic acids is 1. The minimum Gasteiger partial charge on any atom is -0.478 e. The number of anilines is 2. The van der Waals surface area contributed by atoms with Crippen LogP contribution in [0.2, 0.25) is 0 Å². The minimum atomic E-state index is -0.957. The van der Waals surface area contributed by atoms with Crippen LogP contribution in [-0.2, 0) is 0 Å².